The third-order valence-electron chi connectivity index (χ3n) is 2.53. The Morgan fingerprint density at radius 3 is 2.78 bits per heavy atom. The number of anilines is 1. The minimum atomic E-state index is -0.230. The number of carbonyl (C=O) groups is 1. The molecule has 7 heteroatoms. The van der Waals surface area contributed by atoms with Crippen LogP contribution < -0.4 is 5.32 Å². The molecule has 0 radical (unpaired) electrons. The number of benzene rings is 1. The number of hydrogen-bond donors (Lipinski definition) is 3. The number of fused-ring (bicyclic) bond motifs is 1. The van der Waals surface area contributed by atoms with Crippen LogP contribution in [0.1, 0.15) is 16.1 Å². The van der Waals surface area contributed by atoms with Crippen LogP contribution in [-0.2, 0) is 0 Å². The van der Waals surface area contributed by atoms with Crippen LogP contribution >= 0.6 is 0 Å². The van der Waals surface area contributed by atoms with Crippen molar-refractivity contribution in [3.05, 3.63) is 35.5 Å². The first-order valence-electron chi connectivity index (χ1n) is 5.36. The molecule has 3 aromatic rings. The monoisotopic (exact) mass is 242 g/mol. The second-order valence-corrected chi connectivity index (χ2v) is 3.92. The van der Waals surface area contributed by atoms with Gasteiger partial charge in [0.15, 0.2) is 5.82 Å². The third-order valence-corrected chi connectivity index (χ3v) is 2.53. The maximum atomic E-state index is 12.0. The van der Waals surface area contributed by atoms with Gasteiger partial charge in [0.05, 0.1) is 0 Å². The first kappa shape index (κ1) is 10.5. The van der Waals surface area contributed by atoms with Crippen molar-refractivity contribution in [2.24, 2.45) is 0 Å². The number of nitrogens with one attached hydrogen (secondary N) is 3. The van der Waals surface area contributed by atoms with Crippen LogP contribution in [0, 0.1) is 6.92 Å². The lowest BCUT2D eigenvalue weighted by Crippen LogP contribution is -2.12. The molecule has 0 bridgehead atoms. The largest absolute Gasteiger partial charge is 0.305 e. The lowest BCUT2D eigenvalue weighted by molar-refractivity contribution is 0.102. The molecular weight excluding hydrogens is 232 g/mol. The number of aromatic nitrogens is 5. The Hall–Kier alpha value is -2.70. The van der Waals surface area contributed by atoms with Gasteiger partial charge >= 0.3 is 0 Å². The number of aryl methyl sites for hydroxylation is 1. The van der Waals surface area contributed by atoms with E-state index in [1.807, 2.05) is 6.92 Å². The molecule has 0 saturated heterocycles. The summed E-state index contributed by atoms with van der Waals surface area (Å²) in [5.41, 5.74) is 2.78. The zero-order valence-corrected chi connectivity index (χ0v) is 9.56. The van der Waals surface area contributed by atoms with E-state index in [-0.39, 0.29) is 5.91 Å². The van der Waals surface area contributed by atoms with E-state index in [4.69, 9.17) is 0 Å². The molecule has 3 rings (SSSR count). The predicted octanol–water partition coefficient (Wildman–Crippen LogP) is 1.24. The molecule has 0 unspecified atom stereocenters. The van der Waals surface area contributed by atoms with Crippen molar-refractivity contribution in [2.75, 3.05) is 5.32 Å². The van der Waals surface area contributed by atoms with Gasteiger partial charge < -0.3 is 5.32 Å². The number of carbonyl (C=O) groups excluding carboxylic acids is 1. The highest BCUT2D eigenvalue weighted by molar-refractivity contribution is 6.05. The summed E-state index contributed by atoms with van der Waals surface area (Å²) in [5, 5.41) is 19.8. The van der Waals surface area contributed by atoms with Crippen molar-refractivity contribution in [2.45, 2.75) is 6.92 Å². The van der Waals surface area contributed by atoms with Crippen LogP contribution in [-0.4, -0.2) is 31.5 Å². The Balaban J connectivity index is 1.87. The second-order valence-electron chi connectivity index (χ2n) is 3.92. The molecule has 1 aromatic carbocycles. The molecule has 0 aliphatic carbocycles. The van der Waals surface area contributed by atoms with Crippen LogP contribution in [0.25, 0.3) is 11.0 Å². The van der Waals surface area contributed by atoms with Gasteiger partial charge in [-0.3, -0.25) is 9.89 Å². The van der Waals surface area contributed by atoms with Crippen molar-refractivity contribution in [1.82, 2.24) is 25.6 Å². The summed E-state index contributed by atoms with van der Waals surface area (Å²) in [5.74, 6) is 0.268. The quantitative estimate of drug-likeness (QED) is 0.629. The first-order valence-corrected chi connectivity index (χ1v) is 5.36. The number of hydrogen-bond acceptors (Lipinski definition) is 4. The Morgan fingerprint density at radius 2 is 2.00 bits per heavy atom. The van der Waals surface area contributed by atoms with E-state index >= 15 is 0 Å². The molecule has 0 aliphatic heterocycles. The Kier molecular flexibility index (Phi) is 2.30. The molecule has 0 aliphatic rings. The highest BCUT2D eigenvalue weighted by Crippen LogP contribution is 2.12. The number of nitrogens with zero attached hydrogens (tertiary/aromatic N) is 3. The van der Waals surface area contributed by atoms with Crippen LogP contribution in [0.15, 0.2) is 24.3 Å². The number of amides is 1. The topological polar surface area (TPSA) is 99.3 Å². The number of rotatable bonds is 2. The van der Waals surface area contributed by atoms with Crippen molar-refractivity contribution in [3.63, 3.8) is 0 Å². The minimum absolute atomic E-state index is 0.230. The van der Waals surface area contributed by atoms with Crippen molar-refractivity contribution in [1.29, 1.82) is 0 Å². The standard InChI is InChI=1S/C11H10N6O/c1-6-4-10(16-13-6)12-11(18)7-2-3-8-9(5-7)15-17-14-8/h2-5H,1H3,(H,14,15,17)(H2,12,13,16,18). The fourth-order valence-corrected chi connectivity index (χ4v) is 1.65. The summed E-state index contributed by atoms with van der Waals surface area (Å²) in [7, 11) is 0. The van der Waals surface area contributed by atoms with E-state index in [9.17, 15) is 4.79 Å². The molecule has 0 atom stereocenters. The molecule has 7 nitrogen and oxygen atoms in total. The fourth-order valence-electron chi connectivity index (χ4n) is 1.65. The van der Waals surface area contributed by atoms with Crippen LogP contribution in [0.5, 0.6) is 0 Å². The first-order chi connectivity index (χ1) is 8.72. The summed E-state index contributed by atoms with van der Waals surface area (Å²) < 4.78 is 0. The summed E-state index contributed by atoms with van der Waals surface area (Å²) in [4.78, 5) is 12.0. The zero-order valence-electron chi connectivity index (χ0n) is 9.56. The normalized spacial score (nSPS) is 10.7. The Morgan fingerprint density at radius 1 is 1.17 bits per heavy atom. The SMILES string of the molecule is Cc1cc(NC(=O)c2ccc3n[nH]nc3c2)n[nH]1. The van der Waals surface area contributed by atoms with Crippen molar-refractivity contribution in [3.8, 4) is 0 Å². The lowest BCUT2D eigenvalue weighted by Gasteiger charge is -2.00. The van der Waals surface area contributed by atoms with Crippen LogP contribution in [0.4, 0.5) is 5.82 Å². The highest BCUT2D eigenvalue weighted by Gasteiger charge is 2.09. The summed E-state index contributed by atoms with van der Waals surface area (Å²) >= 11 is 0. The molecule has 2 heterocycles. The molecule has 1 amide bonds. The van der Waals surface area contributed by atoms with Crippen LogP contribution in [0.3, 0.4) is 0 Å². The van der Waals surface area contributed by atoms with Gasteiger partial charge in [-0.2, -0.15) is 20.5 Å². The van der Waals surface area contributed by atoms with Crippen LogP contribution in [0.2, 0.25) is 0 Å². The van der Waals surface area contributed by atoms with Gasteiger partial charge in [0, 0.05) is 17.3 Å². The van der Waals surface area contributed by atoms with E-state index in [1.54, 1.807) is 24.3 Å². The fraction of sp³-hybridized carbons (Fsp3) is 0.0909. The van der Waals surface area contributed by atoms with Gasteiger partial charge in [-0.1, -0.05) is 0 Å². The summed E-state index contributed by atoms with van der Waals surface area (Å²) in [6, 6.07) is 6.86. The van der Waals surface area contributed by atoms with E-state index in [1.165, 1.54) is 0 Å². The van der Waals surface area contributed by atoms with E-state index in [0.717, 1.165) is 11.2 Å². The summed E-state index contributed by atoms with van der Waals surface area (Å²) in [6.07, 6.45) is 0. The van der Waals surface area contributed by atoms with E-state index in [0.29, 0.717) is 16.9 Å². The Bertz CT molecular complexity index is 713. The predicted molar refractivity (Wildman–Crippen MR) is 65.2 cm³/mol. The Labute approximate surface area is 102 Å². The molecule has 0 saturated carbocycles. The molecular formula is C11H10N6O. The van der Waals surface area contributed by atoms with Gasteiger partial charge in [-0.05, 0) is 25.1 Å². The maximum Gasteiger partial charge on any atom is 0.256 e. The molecule has 2 aromatic heterocycles. The van der Waals surface area contributed by atoms with Gasteiger partial charge in [-0.25, -0.2) is 0 Å². The highest BCUT2D eigenvalue weighted by atomic mass is 16.1. The minimum Gasteiger partial charge on any atom is -0.305 e. The van der Waals surface area contributed by atoms with Crippen molar-refractivity contribution >= 4 is 22.8 Å². The lowest BCUT2D eigenvalue weighted by atomic mass is 10.2. The zero-order chi connectivity index (χ0) is 12.5. The van der Waals surface area contributed by atoms with Crippen molar-refractivity contribution < 1.29 is 4.79 Å². The van der Waals surface area contributed by atoms with Gasteiger partial charge in [0.25, 0.3) is 5.91 Å². The molecule has 3 N–H and O–H groups in total. The van der Waals surface area contributed by atoms with E-state index in [2.05, 4.69) is 30.9 Å². The molecule has 0 fully saturated rings. The number of H-pyrrole nitrogens is 2. The van der Waals surface area contributed by atoms with Gasteiger partial charge in [0.1, 0.15) is 11.0 Å². The average molecular weight is 242 g/mol. The number of aromatic amines is 2. The van der Waals surface area contributed by atoms with Gasteiger partial charge in [-0.15, -0.1) is 0 Å². The maximum absolute atomic E-state index is 12.0. The van der Waals surface area contributed by atoms with E-state index < -0.39 is 0 Å². The second kappa shape index (κ2) is 3.95. The third kappa shape index (κ3) is 1.81. The smallest absolute Gasteiger partial charge is 0.256 e. The average Bonchev–Trinajstić information content (AvgIpc) is 2.96. The van der Waals surface area contributed by atoms with Gasteiger partial charge in [0.2, 0.25) is 0 Å². The molecule has 0 spiro atoms. The summed E-state index contributed by atoms with van der Waals surface area (Å²) in [6.45, 7) is 1.87. The molecule has 90 valence electrons. The molecule has 18 heavy (non-hydrogen) atoms.